The highest BCUT2D eigenvalue weighted by Crippen LogP contribution is 2.14. The lowest BCUT2D eigenvalue weighted by molar-refractivity contribution is 0.0427. The van der Waals surface area contributed by atoms with E-state index in [0.29, 0.717) is 26.3 Å². The summed E-state index contributed by atoms with van der Waals surface area (Å²) in [6, 6.07) is 7.14. The molecule has 0 heterocycles. The second-order valence-electron chi connectivity index (χ2n) is 3.57. The number of aromatic hydroxyl groups is 1. The number of hydrogen-bond acceptors (Lipinski definition) is 4. The molecule has 0 aliphatic heterocycles. The summed E-state index contributed by atoms with van der Waals surface area (Å²) in [5, 5.41) is 22.0. The molecule has 0 aromatic heterocycles. The SMILES string of the molecule is CCOCC(O)CNCc1ccccc1O. The normalized spacial score (nSPS) is 12.6. The Kier molecular flexibility index (Phi) is 5.85. The molecule has 0 saturated carbocycles. The van der Waals surface area contributed by atoms with Crippen LogP contribution >= 0.6 is 0 Å². The van der Waals surface area contributed by atoms with Crippen LogP contribution in [0.15, 0.2) is 24.3 Å². The number of para-hydroxylation sites is 1. The van der Waals surface area contributed by atoms with E-state index in [1.807, 2.05) is 19.1 Å². The van der Waals surface area contributed by atoms with Crippen LogP contribution in [0.2, 0.25) is 0 Å². The molecule has 1 rings (SSSR count). The largest absolute Gasteiger partial charge is 0.508 e. The van der Waals surface area contributed by atoms with Gasteiger partial charge in [0, 0.05) is 25.3 Å². The molecule has 0 spiro atoms. The smallest absolute Gasteiger partial charge is 0.120 e. The Morgan fingerprint density at radius 2 is 2.12 bits per heavy atom. The summed E-state index contributed by atoms with van der Waals surface area (Å²) in [7, 11) is 0. The molecule has 3 N–H and O–H groups in total. The number of hydrogen-bond donors (Lipinski definition) is 3. The molecule has 0 aliphatic rings. The van der Waals surface area contributed by atoms with Crippen LogP contribution in [0.3, 0.4) is 0 Å². The lowest BCUT2D eigenvalue weighted by Gasteiger charge is -2.12. The van der Waals surface area contributed by atoms with Gasteiger partial charge in [-0.15, -0.1) is 0 Å². The molecule has 1 unspecified atom stereocenters. The van der Waals surface area contributed by atoms with E-state index in [4.69, 9.17) is 4.74 Å². The van der Waals surface area contributed by atoms with E-state index >= 15 is 0 Å². The third-order valence-electron chi connectivity index (χ3n) is 2.20. The fourth-order valence-corrected chi connectivity index (χ4v) is 1.35. The third kappa shape index (κ3) is 4.61. The van der Waals surface area contributed by atoms with Crippen LogP contribution in [0.4, 0.5) is 0 Å². The highest BCUT2D eigenvalue weighted by molar-refractivity contribution is 5.31. The van der Waals surface area contributed by atoms with Gasteiger partial charge in [-0.2, -0.15) is 0 Å². The van der Waals surface area contributed by atoms with E-state index in [9.17, 15) is 10.2 Å². The maximum absolute atomic E-state index is 9.49. The second-order valence-corrected chi connectivity index (χ2v) is 3.57. The van der Waals surface area contributed by atoms with Crippen molar-refractivity contribution in [3.63, 3.8) is 0 Å². The van der Waals surface area contributed by atoms with Crippen molar-refractivity contribution in [2.45, 2.75) is 19.6 Å². The molecule has 1 atom stereocenters. The average molecular weight is 225 g/mol. The van der Waals surface area contributed by atoms with Crippen LogP contribution in [0.25, 0.3) is 0 Å². The Morgan fingerprint density at radius 3 is 2.81 bits per heavy atom. The monoisotopic (exact) mass is 225 g/mol. The van der Waals surface area contributed by atoms with E-state index in [1.54, 1.807) is 12.1 Å². The summed E-state index contributed by atoms with van der Waals surface area (Å²) < 4.78 is 5.08. The van der Waals surface area contributed by atoms with Crippen molar-refractivity contribution in [3.8, 4) is 5.75 Å². The van der Waals surface area contributed by atoms with E-state index in [0.717, 1.165) is 5.56 Å². The Morgan fingerprint density at radius 1 is 1.38 bits per heavy atom. The average Bonchev–Trinajstić information content (AvgIpc) is 2.29. The van der Waals surface area contributed by atoms with E-state index < -0.39 is 6.10 Å². The summed E-state index contributed by atoms with van der Waals surface area (Å²) in [5.74, 6) is 0.272. The molecular weight excluding hydrogens is 206 g/mol. The minimum absolute atomic E-state index is 0.272. The van der Waals surface area contributed by atoms with E-state index in [2.05, 4.69) is 5.32 Å². The molecule has 4 nitrogen and oxygen atoms in total. The maximum Gasteiger partial charge on any atom is 0.120 e. The lowest BCUT2D eigenvalue weighted by atomic mass is 10.2. The molecule has 16 heavy (non-hydrogen) atoms. The van der Waals surface area contributed by atoms with Gasteiger partial charge in [0.25, 0.3) is 0 Å². The molecular formula is C12H19NO3. The standard InChI is InChI=1S/C12H19NO3/c1-2-16-9-11(14)8-13-7-10-5-3-4-6-12(10)15/h3-6,11,13-15H,2,7-9H2,1H3. The molecule has 0 fully saturated rings. The quantitative estimate of drug-likeness (QED) is 0.644. The number of aliphatic hydroxyl groups is 1. The third-order valence-corrected chi connectivity index (χ3v) is 2.20. The van der Waals surface area contributed by atoms with E-state index in [1.165, 1.54) is 0 Å². The van der Waals surface area contributed by atoms with Crippen LogP contribution < -0.4 is 5.32 Å². The van der Waals surface area contributed by atoms with Gasteiger partial charge in [-0.25, -0.2) is 0 Å². The van der Waals surface area contributed by atoms with Gasteiger partial charge in [0.15, 0.2) is 0 Å². The lowest BCUT2D eigenvalue weighted by Crippen LogP contribution is -2.30. The zero-order valence-corrected chi connectivity index (χ0v) is 9.52. The van der Waals surface area contributed by atoms with Crippen LogP contribution in [0.5, 0.6) is 5.75 Å². The molecule has 0 radical (unpaired) electrons. The topological polar surface area (TPSA) is 61.7 Å². The molecule has 0 bridgehead atoms. The Balaban J connectivity index is 2.23. The first-order chi connectivity index (χ1) is 7.74. The predicted octanol–water partition coefficient (Wildman–Crippen LogP) is 0.879. The van der Waals surface area contributed by atoms with Gasteiger partial charge in [0.2, 0.25) is 0 Å². The minimum atomic E-state index is -0.509. The van der Waals surface area contributed by atoms with Crippen molar-refractivity contribution < 1.29 is 14.9 Å². The van der Waals surface area contributed by atoms with Gasteiger partial charge in [-0.05, 0) is 13.0 Å². The minimum Gasteiger partial charge on any atom is -0.508 e. The van der Waals surface area contributed by atoms with Gasteiger partial charge in [0.1, 0.15) is 5.75 Å². The van der Waals surface area contributed by atoms with Crippen molar-refractivity contribution in [3.05, 3.63) is 29.8 Å². The van der Waals surface area contributed by atoms with Crippen LogP contribution in [-0.2, 0) is 11.3 Å². The van der Waals surface area contributed by atoms with E-state index in [-0.39, 0.29) is 5.75 Å². The first-order valence-electron chi connectivity index (χ1n) is 5.47. The van der Waals surface area contributed by atoms with Gasteiger partial charge in [-0.3, -0.25) is 0 Å². The maximum atomic E-state index is 9.49. The van der Waals surface area contributed by atoms with Gasteiger partial charge >= 0.3 is 0 Å². The summed E-state index contributed by atoms with van der Waals surface area (Å²) in [5.41, 5.74) is 0.825. The van der Waals surface area contributed by atoms with Gasteiger partial charge in [-0.1, -0.05) is 18.2 Å². The van der Waals surface area contributed by atoms with Gasteiger partial charge < -0.3 is 20.3 Å². The van der Waals surface area contributed by atoms with Crippen molar-refractivity contribution in [2.24, 2.45) is 0 Å². The van der Waals surface area contributed by atoms with Crippen molar-refractivity contribution in [1.29, 1.82) is 0 Å². The fraction of sp³-hybridized carbons (Fsp3) is 0.500. The van der Waals surface area contributed by atoms with Crippen molar-refractivity contribution in [1.82, 2.24) is 5.32 Å². The fourth-order valence-electron chi connectivity index (χ4n) is 1.35. The molecule has 0 aliphatic carbocycles. The van der Waals surface area contributed by atoms with Crippen LogP contribution in [-0.4, -0.2) is 36.1 Å². The highest BCUT2D eigenvalue weighted by Gasteiger charge is 2.04. The summed E-state index contributed by atoms with van der Waals surface area (Å²) in [6.07, 6.45) is -0.509. The van der Waals surface area contributed by atoms with Crippen molar-refractivity contribution in [2.75, 3.05) is 19.8 Å². The molecule has 0 saturated heterocycles. The number of phenols is 1. The van der Waals surface area contributed by atoms with Crippen molar-refractivity contribution >= 4 is 0 Å². The number of phenolic OH excluding ortho intramolecular Hbond substituents is 1. The number of ether oxygens (including phenoxy) is 1. The van der Waals surface area contributed by atoms with Crippen LogP contribution in [0.1, 0.15) is 12.5 Å². The molecule has 90 valence electrons. The highest BCUT2D eigenvalue weighted by atomic mass is 16.5. The number of benzene rings is 1. The number of aliphatic hydroxyl groups excluding tert-OH is 1. The zero-order valence-electron chi connectivity index (χ0n) is 9.52. The van der Waals surface area contributed by atoms with Crippen LogP contribution in [0, 0.1) is 0 Å². The number of rotatable bonds is 7. The number of nitrogens with one attached hydrogen (secondary N) is 1. The molecule has 1 aromatic rings. The second kappa shape index (κ2) is 7.22. The Bertz CT molecular complexity index is 304. The first kappa shape index (κ1) is 13.0. The van der Waals surface area contributed by atoms with Gasteiger partial charge in [0.05, 0.1) is 12.7 Å². The predicted molar refractivity (Wildman–Crippen MR) is 62.3 cm³/mol. The summed E-state index contributed by atoms with van der Waals surface area (Å²) in [4.78, 5) is 0. The Hall–Kier alpha value is -1.10. The summed E-state index contributed by atoms with van der Waals surface area (Å²) in [6.45, 7) is 3.83. The molecule has 4 heteroatoms. The molecule has 1 aromatic carbocycles. The first-order valence-corrected chi connectivity index (χ1v) is 5.47. The Labute approximate surface area is 95.9 Å². The summed E-state index contributed by atoms with van der Waals surface area (Å²) >= 11 is 0. The zero-order chi connectivity index (χ0) is 11.8. The molecule has 0 amide bonds.